The van der Waals surface area contributed by atoms with Gasteiger partial charge in [-0.15, -0.1) is 11.3 Å². The summed E-state index contributed by atoms with van der Waals surface area (Å²) in [5, 5.41) is 4.78. The van der Waals surface area contributed by atoms with Crippen molar-refractivity contribution in [3.63, 3.8) is 0 Å². The van der Waals surface area contributed by atoms with Gasteiger partial charge in [0.2, 0.25) is 0 Å². The molecule has 0 unspecified atom stereocenters. The van der Waals surface area contributed by atoms with Crippen molar-refractivity contribution in [1.29, 1.82) is 0 Å². The normalized spacial score (nSPS) is 16.9. The molecule has 0 amide bonds. The van der Waals surface area contributed by atoms with Gasteiger partial charge < -0.3 is 10.1 Å². The number of hydrogen-bond donors (Lipinski definition) is 1. The molecule has 3 nitrogen and oxygen atoms in total. The Morgan fingerprint density at radius 2 is 2.11 bits per heavy atom. The molecule has 0 aliphatic heterocycles. The number of thiazole rings is 1. The van der Waals surface area contributed by atoms with Gasteiger partial charge in [0, 0.05) is 24.6 Å². The van der Waals surface area contributed by atoms with Crippen LogP contribution in [0.2, 0.25) is 0 Å². The maximum Gasteiger partial charge on any atom is 0.119 e. The lowest BCUT2D eigenvalue weighted by atomic mass is 10.1. The van der Waals surface area contributed by atoms with Crippen LogP contribution in [0.4, 0.5) is 0 Å². The Morgan fingerprint density at radius 3 is 2.72 bits per heavy atom. The first-order chi connectivity index (χ1) is 8.70. The van der Waals surface area contributed by atoms with E-state index < -0.39 is 0 Å². The molecule has 18 heavy (non-hydrogen) atoms. The molecule has 0 saturated heterocycles. The highest BCUT2D eigenvalue weighted by Gasteiger charge is 2.18. The summed E-state index contributed by atoms with van der Waals surface area (Å²) in [6, 6.07) is 0.720. The average molecular weight is 268 g/mol. The maximum atomic E-state index is 5.18. The molecule has 1 fully saturated rings. The fourth-order valence-corrected chi connectivity index (χ4v) is 3.69. The fraction of sp³-hybridized carbons (Fsp3) is 0.786. The lowest BCUT2D eigenvalue weighted by Crippen LogP contribution is -2.25. The van der Waals surface area contributed by atoms with Gasteiger partial charge in [-0.25, -0.2) is 4.98 Å². The Morgan fingerprint density at radius 1 is 1.39 bits per heavy atom. The Hall–Kier alpha value is -0.450. The second kappa shape index (κ2) is 6.64. The first kappa shape index (κ1) is 14.0. The Kier molecular flexibility index (Phi) is 5.15. The van der Waals surface area contributed by atoms with Crippen LogP contribution in [0.5, 0.6) is 0 Å². The third kappa shape index (κ3) is 3.53. The summed E-state index contributed by atoms with van der Waals surface area (Å²) in [7, 11) is 1.73. The molecule has 0 radical (unpaired) electrons. The standard InChI is InChI=1S/C14H24N2OS/c1-10(2)14-12(18-13(16-14)9-17-3)8-15-11-6-4-5-7-11/h10-11,15H,4-9H2,1-3H3. The van der Waals surface area contributed by atoms with E-state index in [1.807, 2.05) is 0 Å². The lowest BCUT2D eigenvalue weighted by molar-refractivity contribution is 0.184. The van der Waals surface area contributed by atoms with Crippen molar-refractivity contribution in [2.45, 2.75) is 64.6 Å². The van der Waals surface area contributed by atoms with Crippen molar-refractivity contribution in [2.75, 3.05) is 7.11 Å². The predicted octanol–water partition coefficient (Wildman–Crippen LogP) is 3.45. The lowest BCUT2D eigenvalue weighted by Gasteiger charge is -2.12. The summed E-state index contributed by atoms with van der Waals surface area (Å²) in [5.41, 5.74) is 1.25. The molecule has 1 aliphatic rings. The van der Waals surface area contributed by atoms with Crippen LogP contribution in [0.15, 0.2) is 0 Å². The smallest absolute Gasteiger partial charge is 0.119 e. The predicted molar refractivity (Wildman–Crippen MR) is 76.0 cm³/mol. The van der Waals surface area contributed by atoms with E-state index in [9.17, 15) is 0 Å². The molecule has 4 heteroatoms. The van der Waals surface area contributed by atoms with Gasteiger partial charge in [-0.3, -0.25) is 0 Å². The van der Waals surface area contributed by atoms with Crippen molar-refractivity contribution in [2.24, 2.45) is 0 Å². The van der Waals surface area contributed by atoms with Gasteiger partial charge in [-0.05, 0) is 18.8 Å². The van der Waals surface area contributed by atoms with Gasteiger partial charge in [-0.1, -0.05) is 26.7 Å². The third-order valence-electron chi connectivity index (χ3n) is 3.49. The third-order valence-corrected chi connectivity index (χ3v) is 4.54. The van der Waals surface area contributed by atoms with Crippen LogP contribution >= 0.6 is 11.3 Å². The molecule has 1 saturated carbocycles. The number of hydrogen-bond acceptors (Lipinski definition) is 4. The molecule has 1 aromatic heterocycles. The molecule has 0 bridgehead atoms. The van der Waals surface area contributed by atoms with Crippen molar-refractivity contribution in [3.05, 3.63) is 15.6 Å². The summed E-state index contributed by atoms with van der Waals surface area (Å²) in [5.74, 6) is 0.493. The Bertz CT molecular complexity index is 370. The quantitative estimate of drug-likeness (QED) is 0.858. The first-order valence-electron chi connectivity index (χ1n) is 6.91. The topological polar surface area (TPSA) is 34.1 Å². The zero-order valence-corrected chi connectivity index (χ0v) is 12.5. The minimum Gasteiger partial charge on any atom is -0.378 e. The second-order valence-corrected chi connectivity index (χ2v) is 6.53. The van der Waals surface area contributed by atoms with Crippen LogP contribution in [0.1, 0.15) is 61.0 Å². The molecular weight excluding hydrogens is 244 g/mol. The van der Waals surface area contributed by atoms with Gasteiger partial charge in [0.1, 0.15) is 5.01 Å². The van der Waals surface area contributed by atoms with Crippen LogP contribution < -0.4 is 5.32 Å². The molecular formula is C14H24N2OS. The van der Waals surface area contributed by atoms with E-state index in [1.54, 1.807) is 18.4 Å². The number of aromatic nitrogens is 1. The summed E-state index contributed by atoms with van der Waals surface area (Å²) in [4.78, 5) is 6.09. The molecule has 0 spiro atoms. The number of methoxy groups -OCH3 is 1. The highest BCUT2D eigenvalue weighted by molar-refractivity contribution is 7.11. The number of rotatable bonds is 6. The van der Waals surface area contributed by atoms with E-state index in [4.69, 9.17) is 9.72 Å². The second-order valence-electron chi connectivity index (χ2n) is 5.37. The van der Waals surface area contributed by atoms with Gasteiger partial charge >= 0.3 is 0 Å². The van der Waals surface area contributed by atoms with Crippen LogP contribution in [-0.4, -0.2) is 18.1 Å². The fourth-order valence-electron chi connectivity index (χ4n) is 2.54. The van der Waals surface area contributed by atoms with E-state index in [0.29, 0.717) is 12.5 Å². The molecule has 2 rings (SSSR count). The summed E-state index contributed by atoms with van der Waals surface area (Å²) in [6.07, 6.45) is 5.43. The SMILES string of the molecule is COCc1nc(C(C)C)c(CNC2CCCC2)s1. The van der Waals surface area contributed by atoms with Gasteiger partial charge in [0.15, 0.2) is 0 Å². The summed E-state index contributed by atoms with van der Waals surface area (Å²) >= 11 is 1.80. The first-order valence-corrected chi connectivity index (χ1v) is 7.73. The minimum absolute atomic E-state index is 0.493. The van der Waals surface area contributed by atoms with Gasteiger partial charge in [0.05, 0.1) is 12.3 Å². The molecule has 1 aromatic rings. The highest BCUT2D eigenvalue weighted by atomic mass is 32.1. The molecule has 1 N–H and O–H groups in total. The minimum atomic E-state index is 0.493. The molecule has 102 valence electrons. The van der Waals surface area contributed by atoms with Crippen molar-refractivity contribution in [1.82, 2.24) is 10.3 Å². The number of ether oxygens (including phenoxy) is 1. The van der Waals surface area contributed by atoms with Gasteiger partial charge in [0.25, 0.3) is 0 Å². The molecule has 0 atom stereocenters. The maximum absolute atomic E-state index is 5.18. The largest absolute Gasteiger partial charge is 0.378 e. The van der Waals surface area contributed by atoms with Gasteiger partial charge in [-0.2, -0.15) is 0 Å². The van der Waals surface area contributed by atoms with Crippen molar-refractivity contribution >= 4 is 11.3 Å². The monoisotopic (exact) mass is 268 g/mol. The van der Waals surface area contributed by atoms with E-state index in [-0.39, 0.29) is 0 Å². The zero-order valence-electron chi connectivity index (χ0n) is 11.7. The molecule has 1 aliphatic carbocycles. The van der Waals surface area contributed by atoms with Crippen LogP contribution in [0.3, 0.4) is 0 Å². The number of nitrogens with zero attached hydrogens (tertiary/aromatic N) is 1. The van der Waals surface area contributed by atoms with Crippen molar-refractivity contribution in [3.8, 4) is 0 Å². The molecule has 1 heterocycles. The van der Waals surface area contributed by atoms with E-state index in [0.717, 1.165) is 17.6 Å². The molecule has 0 aromatic carbocycles. The van der Waals surface area contributed by atoms with Crippen LogP contribution in [0.25, 0.3) is 0 Å². The van der Waals surface area contributed by atoms with Crippen LogP contribution in [-0.2, 0) is 17.9 Å². The van der Waals surface area contributed by atoms with E-state index in [1.165, 1.54) is 36.3 Å². The van der Waals surface area contributed by atoms with Crippen molar-refractivity contribution < 1.29 is 4.74 Å². The Labute approximate surface area is 114 Å². The average Bonchev–Trinajstić information content (AvgIpc) is 2.95. The number of nitrogens with one attached hydrogen (secondary N) is 1. The Balaban J connectivity index is 1.99. The van der Waals surface area contributed by atoms with Crippen LogP contribution in [0, 0.1) is 0 Å². The van der Waals surface area contributed by atoms with E-state index >= 15 is 0 Å². The zero-order chi connectivity index (χ0) is 13.0. The highest BCUT2D eigenvalue weighted by Crippen LogP contribution is 2.26. The summed E-state index contributed by atoms with van der Waals surface area (Å²) in [6.45, 7) is 6.03. The summed E-state index contributed by atoms with van der Waals surface area (Å²) < 4.78 is 5.18. The van der Waals surface area contributed by atoms with E-state index in [2.05, 4.69) is 19.2 Å².